The van der Waals surface area contributed by atoms with E-state index in [4.69, 9.17) is 4.74 Å². The Hall–Kier alpha value is -2.24. The molecular weight excluding hydrogens is 281 g/mol. The van der Waals surface area contributed by atoms with E-state index >= 15 is 0 Å². The standard InChI is InChI=1S/C15H15F3N2O/c1-3-19-13-8-11(15(16,17)18)9-14(20-13)21-12-6-4-5-10(2)7-12/h4-9H,3H2,1-2H3,(H,19,20). The molecule has 21 heavy (non-hydrogen) atoms. The highest BCUT2D eigenvalue weighted by Crippen LogP contribution is 2.33. The first kappa shape index (κ1) is 15.2. The molecule has 2 aromatic rings. The first-order chi connectivity index (χ1) is 9.88. The number of alkyl halides is 3. The van der Waals surface area contributed by atoms with Gasteiger partial charge in [-0.1, -0.05) is 12.1 Å². The van der Waals surface area contributed by atoms with Gasteiger partial charge in [0.25, 0.3) is 0 Å². The molecule has 112 valence electrons. The van der Waals surface area contributed by atoms with Crippen LogP contribution in [0.4, 0.5) is 19.0 Å². The van der Waals surface area contributed by atoms with Gasteiger partial charge in [-0.25, -0.2) is 0 Å². The predicted octanol–water partition coefficient (Wildman–Crippen LogP) is 4.63. The molecule has 1 aromatic heterocycles. The van der Waals surface area contributed by atoms with Crippen LogP contribution in [0.1, 0.15) is 18.1 Å². The fourth-order valence-corrected chi connectivity index (χ4v) is 1.79. The lowest BCUT2D eigenvalue weighted by Gasteiger charge is -2.12. The van der Waals surface area contributed by atoms with E-state index in [0.717, 1.165) is 17.7 Å². The maximum Gasteiger partial charge on any atom is 0.416 e. The van der Waals surface area contributed by atoms with Gasteiger partial charge in [-0.05, 0) is 37.6 Å². The normalized spacial score (nSPS) is 11.3. The SMILES string of the molecule is CCNc1cc(C(F)(F)F)cc(Oc2cccc(C)c2)n1. The molecule has 3 nitrogen and oxygen atoms in total. The Morgan fingerprint density at radius 1 is 1.19 bits per heavy atom. The minimum absolute atomic E-state index is 0.0913. The lowest BCUT2D eigenvalue weighted by Crippen LogP contribution is -2.08. The van der Waals surface area contributed by atoms with E-state index < -0.39 is 11.7 Å². The van der Waals surface area contributed by atoms with Gasteiger partial charge in [0.15, 0.2) is 0 Å². The van der Waals surface area contributed by atoms with Crippen LogP contribution in [-0.4, -0.2) is 11.5 Å². The second-order valence-electron chi connectivity index (χ2n) is 4.53. The van der Waals surface area contributed by atoms with Crippen molar-refractivity contribution in [3.63, 3.8) is 0 Å². The number of halogens is 3. The quantitative estimate of drug-likeness (QED) is 0.893. The van der Waals surface area contributed by atoms with E-state index in [9.17, 15) is 13.2 Å². The zero-order valence-electron chi connectivity index (χ0n) is 11.7. The summed E-state index contributed by atoms with van der Waals surface area (Å²) in [5.74, 6) is 0.491. The van der Waals surface area contributed by atoms with Crippen LogP contribution >= 0.6 is 0 Å². The van der Waals surface area contributed by atoms with Crippen molar-refractivity contribution in [2.24, 2.45) is 0 Å². The minimum Gasteiger partial charge on any atom is -0.439 e. The van der Waals surface area contributed by atoms with Gasteiger partial charge >= 0.3 is 6.18 Å². The highest BCUT2D eigenvalue weighted by atomic mass is 19.4. The Balaban J connectivity index is 2.35. The smallest absolute Gasteiger partial charge is 0.416 e. The van der Waals surface area contributed by atoms with Gasteiger partial charge in [-0.15, -0.1) is 0 Å². The third-order valence-electron chi connectivity index (χ3n) is 2.70. The van der Waals surface area contributed by atoms with Gasteiger partial charge in [0, 0.05) is 12.6 Å². The summed E-state index contributed by atoms with van der Waals surface area (Å²) in [7, 11) is 0. The number of nitrogens with one attached hydrogen (secondary N) is 1. The summed E-state index contributed by atoms with van der Waals surface area (Å²) in [6, 6.07) is 8.90. The number of benzene rings is 1. The van der Waals surface area contributed by atoms with Gasteiger partial charge in [0.05, 0.1) is 5.56 Å². The van der Waals surface area contributed by atoms with Crippen molar-refractivity contribution >= 4 is 5.82 Å². The fraction of sp³-hybridized carbons (Fsp3) is 0.267. The van der Waals surface area contributed by atoms with E-state index in [-0.39, 0.29) is 11.7 Å². The number of ether oxygens (including phenoxy) is 1. The van der Waals surface area contributed by atoms with Crippen LogP contribution < -0.4 is 10.1 Å². The number of aryl methyl sites for hydroxylation is 1. The molecule has 0 radical (unpaired) electrons. The van der Waals surface area contributed by atoms with Crippen molar-refractivity contribution in [2.75, 3.05) is 11.9 Å². The topological polar surface area (TPSA) is 34.1 Å². The number of anilines is 1. The molecule has 0 fully saturated rings. The van der Waals surface area contributed by atoms with Crippen LogP contribution in [-0.2, 0) is 6.18 Å². The third-order valence-corrected chi connectivity index (χ3v) is 2.70. The number of pyridine rings is 1. The summed E-state index contributed by atoms with van der Waals surface area (Å²) >= 11 is 0. The Morgan fingerprint density at radius 2 is 1.95 bits per heavy atom. The van der Waals surface area contributed by atoms with Crippen molar-refractivity contribution < 1.29 is 17.9 Å². The maximum absolute atomic E-state index is 12.9. The molecule has 0 atom stereocenters. The van der Waals surface area contributed by atoms with Crippen molar-refractivity contribution in [1.82, 2.24) is 4.98 Å². The highest BCUT2D eigenvalue weighted by molar-refractivity contribution is 5.43. The summed E-state index contributed by atoms with van der Waals surface area (Å²) in [6.07, 6.45) is -4.45. The second-order valence-corrected chi connectivity index (χ2v) is 4.53. The van der Waals surface area contributed by atoms with Gasteiger partial charge < -0.3 is 10.1 Å². The molecule has 0 aliphatic rings. The Bertz CT molecular complexity index is 627. The summed E-state index contributed by atoms with van der Waals surface area (Å²) in [5, 5.41) is 2.77. The molecule has 0 amide bonds. The first-order valence-corrected chi connectivity index (χ1v) is 6.46. The molecule has 0 aliphatic carbocycles. The Labute approximate surface area is 120 Å². The number of nitrogens with zero attached hydrogens (tertiary/aromatic N) is 1. The molecule has 0 saturated carbocycles. The van der Waals surface area contributed by atoms with Gasteiger partial charge in [-0.3, -0.25) is 0 Å². The molecule has 6 heteroatoms. The average molecular weight is 296 g/mol. The van der Waals surface area contributed by atoms with E-state index in [1.165, 1.54) is 0 Å². The predicted molar refractivity (Wildman–Crippen MR) is 74.7 cm³/mol. The van der Waals surface area contributed by atoms with E-state index in [1.54, 1.807) is 25.1 Å². The Kier molecular flexibility index (Phi) is 4.35. The molecule has 1 heterocycles. The van der Waals surface area contributed by atoms with Crippen LogP contribution in [0.3, 0.4) is 0 Å². The molecule has 1 aromatic carbocycles. The van der Waals surface area contributed by atoms with E-state index in [2.05, 4.69) is 10.3 Å². The minimum atomic E-state index is -4.45. The number of hydrogen-bond donors (Lipinski definition) is 1. The third kappa shape index (κ3) is 4.11. The molecule has 0 spiro atoms. The maximum atomic E-state index is 12.9. The first-order valence-electron chi connectivity index (χ1n) is 6.46. The second kappa shape index (κ2) is 6.03. The van der Waals surface area contributed by atoms with Crippen molar-refractivity contribution in [3.05, 3.63) is 47.5 Å². The molecular formula is C15H15F3N2O. The molecule has 0 bridgehead atoms. The molecule has 1 N–H and O–H groups in total. The summed E-state index contributed by atoms with van der Waals surface area (Å²) in [5.41, 5.74) is 0.155. The Morgan fingerprint density at radius 3 is 2.57 bits per heavy atom. The van der Waals surface area contributed by atoms with E-state index in [1.807, 2.05) is 13.0 Å². The van der Waals surface area contributed by atoms with Crippen LogP contribution in [0, 0.1) is 6.92 Å². The van der Waals surface area contributed by atoms with Crippen LogP contribution in [0.25, 0.3) is 0 Å². The number of aromatic nitrogens is 1. The lowest BCUT2D eigenvalue weighted by atomic mass is 10.2. The molecule has 0 saturated heterocycles. The van der Waals surface area contributed by atoms with Crippen LogP contribution in [0.15, 0.2) is 36.4 Å². The lowest BCUT2D eigenvalue weighted by molar-refractivity contribution is -0.137. The van der Waals surface area contributed by atoms with Crippen molar-refractivity contribution in [1.29, 1.82) is 0 Å². The number of rotatable bonds is 4. The molecule has 0 aliphatic heterocycles. The monoisotopic (exact) mass is 296 g/mol. The van der Waals surface area contributed by atoms with Gasteiger partial charge in [0.2, 0.25) is 5.88 Å². The number of hydrogen-bond acceptors (Lipinski definition) is 3. The fourth-order valence-electron chi connectivity index (χ4n) is 1.79. The summed E-state index contributed by atoms with van der Waals surface area (Å²) in [4.78, 5) is 4.03. The average Bonchev–Trinajstić information content (AvgIpc) is 2.37. The summed E-state index contributed by atoms with van der Waals surface area (Å²) in [6.45, 7) is 4.12. The van der Waals surface area contributed by atoms with Crippen molar-refractivity contribution in [3.8, 4) is 11.6 Å². The molecule has 0 unspecified atom stereocenters. The highest BCUT2D eigenvalue weighted by Gasteiger charge is 2.32. The van der Waals surface area contributed by atoms with Crippen molar-refractivity contribution in [2.45, 2.75) is 20.0 Å². The van der Waals surface area contributed by atoms with Crippen LogP contribution in [0.5, 0.6) is 11.6 Å². The van der Waals surface area contributed by atoms with Gasteiger partial charge in [-0.2, -0.15) is 18.2 Å². The zero-order valence-corrected chi connectivity index (χ0v) is 11.7. The molecule has 2 rings (SSSR count). The zero-order chi connectivity index (χ0) is 15.5. The summed E-state index contributed by atoms with van der Waals surface area (Å²) < 4.78 is 44.1. The van der Waals surface area contributed by atoms with Gasteiger partial charge in [0.1, 0.15) is 11.6 Å². The largest absolute Gasteiger partial charge is 0.439 e. The van der Waals surface area contributed by atoms with E-state index in [0.29, 0.717) is 12.3 Å². The van der Waals surface area contributed by atoms with Crippen LogP contribution in [0.2, 0.25) is 0 Å².